The van der Waals surface area contributed by atoms with Crippen molar-refractivity contribution in [3.8, 4) is 0 Å². The first-order valence-corrected chi connectivity index (χ1v) is 7.82. The van der Waals surface area contributed by atoms with Crippen LogP contribution in [0.1, 0.15) is 37.6 Å². The second-order valence-electron chi connectivity index (χ2n) is 6.66. The highest BCUT2D eigenvalue weighted by Crippen LogP contribution is 2.20. The molecule has 1 amide bonds. The quantitative estimate of drug-likeness (QED) is 0.837. The van der Waals surface area contributed by atoms with E-state index in [0.717, 1.165) is 31.5 Å². The van der Waals surface area contributed by atoms with E-state index in [4.69, 9.17) is 5.73 Å². The summed E-state index contributed by atoms with van der Waals surface area (Å²) in [6.45, 7) is 9.83. The molecule has 0 bridgehead atoms. The summed E-state index contributed by atoms with van der Waals surface area (Å²) >= 11 is 0. The minimum atomic E-state index is -0.0482. The monoisotopic (exact) mass is 289 g/mol. The molecule has 3 unspecified atom stereocenters. The van der Waals surface area contributed by atoms with Gasteiger partial charge in [-0.05, 0) is 43.4 Å². The van der Waals surface area contributed by atoms with Gasteiger partial charge in [0.25, 0.3) is 5.91 Å². The maximum atomic E-state index is 12.2. The number of hydrogen-bond donors (Lipinski definition) is 2. The molecule has 0 radical (unpaired) electrons. The standard InChI is InChI=1S/C17H27N3O/c1-12-7-13(2)10-20(9-12)11-14(3)19-17(21)15-5-4-6-16(18)8-15/h4-6,8,12-14H,7,9-11,18H2,1-3H3,(H,19,21). The van der Waals surface area contributed by atoms with Crippen LogP contribution in [0.4, 0.5) is 5.69 Å². The fraction of sp³-hybridized carbons (Fsp3) is 0.588. The van der Waals surface area contributed by atoms with Crippen LogP contribution in [0.25, 0.3) is 0 Å². The highest BCUT2D eigenvalue weighted by atomic mass is 16.1. The summed E-state index contributed by atoms with van der Waals surface area (Å²) in [4.78, 5) is 14.7. The predicted molar refractivity (Wildman–Crippen MR) is 87.2 cm³/mol. The summed E-state index contributed by atoms with van der Waals surface area (Å²) in [5.41, 5.74) is 6.97. The number of piperidine rings is 1. The molecule has 3 atom stereocenters. The molecule has 0 aromatic heterocycles. The zero-order valence-electron chi connectivity index (χ0n) is 13.3. The number of anilines is 1. The van der Waals surface area contributed by atoms with Crippen LogP contribution in [0.15, 0.2) is 24.3 Å². The lowest BCUT2D eigenvalue weighted by Gasteiger charge is -2.36. The Morgan fingerprint density at radius 2 is 2.05 bits per heavy atom. The zero-order chi connectivity index (χ0) is 15.4. The van der Waals surface area contributed by atoms with Gasteiger partial charge in [0.15, 0.2) is 0 Å². The molecule has 1 aliphatic rings. The third-order valence-electron chi connectivity index (χ3n) is 4.00. The smallest absolute Gasteiger partial charge is 0.251 e. The third kappa shape index (κ3) is 4.74. The van der Waals surface area contributed by atoms with E-state index in [-0.39, 0.29) is 11.9 Å². The molecule has 0 spiro atoms. The van der Waals surface area contributed by atoms with Crippen molar-refractivity contribution in [3.05, 3.63) is 29.8 Å². The molecule has 21 heavy (non-hydrogen) atoms. The lowest BCUT2D eigenvalue weighted by atomic mass is 9.92. The highest BCUT2D eigenvalue weighted by Gasteiger charge is 2.23. The topological polar surface area (TPSA) is 58.4 Å². The van der Waals surface area contributed by atoms with Crippen molar-refractivity contribution in [2.75, 3.05) is 25.4 Å². The van der Waals surface area contributed by atoms with Crippen molar-refractivity contribution >= 4 is 11.6 Å². The second-order valence-corrected chi connectivity index (χ2v) is 6.66. The summed E-state index contributed by atoms with van der Waals surface area (Å²) < 4.78 is 0. The fourth-order valence-corrected chi connectivity index (χ4v) is 3.36. The number of nitrogens with zero attached hydrogens (tertiary/aromatic N) is 1. The Kier molecular flexibility index (Phi) is 5.23. The molecule has 1 fully saturated rings. The molecule has 2 rings (SSSR count). The molecule has 1 aliphatic heterocycles. The van der Waals surface area contributed by atoms with Crippen LogP contribution >= 0.6 is 0 Å². The molecule has 1 aromatic rings. The summed E-state index contributed by atoms with van der Waals surface area (Å²) in [6.07, 6.45) is 1.31. The number of benzene rings is 1. The first kappa shape index (κ1) is 15.8. The molecule has 1 aromatic carbocycles. The number of likely N-dealkylation sites (tertiary alicyclic amines) is 1. The molecule has 4 nitrogen and oxygen atoms in total. The fourth-order valence-electron chi connectivity index (χ4n) is 3.36. The Morgan fingerprint density at radius 3 is 2.67 bits per heavy atom. The van der Waals surface area contributed by atoms with E-state index in [1.807, 2.05) is 6.07 Å². The molecule has 1 heterocycles. The molecular formula is C17H27N3O. The minimum absolute atomic E-state index is 0.0482. The molecule has 0 aliphatic carbocycles. The molecule has 4 heteroatoms. The van der Waals surface area contributed by atoms with E-state index in [1.54, 1.807) is 18.2 Å². The van der Waals surface area contributed by atoms with Crippen molar-refractivity contribution in [1.82, 2.24) is 10.2 Å². The van der Waals surface area contributed by atoms with Gasteiger partial charge in [0.1, 0.15) is 0 Å². The number of nitrogens with one attached hydrogen (secondary N) is 1. The average Bonchev–Trinajstić information content (AvgIpc) is 2.37. The first-order chi connectivity index (χ1) is 9.94. The lowest BCUT2D eigenvalue weighted by Crippen LogP contribution is -2.47. The summed E-state index contributed by atoms with van der Waals surface area (Å²) in [7, 11) is 0. The predicted octanol–water partition coefficient (Wildman–Crippen LogP) is 2.37. The first-order valence-electron chi connectivity index (χ1n) is 7.82. The minimum Gasteiger partial charge on any atom is -0.399 e. The number of nitrogens with two attached hydrogens (primary N) is 1. The molecule has 116 valence electrons. The summed E-state index contributed by atoms with van der Waals surface area (Å²) in [6, 6.07) is 7.24. The number of carbonyl (C=O) groups is 1. The van der Waals surface area contributed by atoms with E-state index in [1.165, 1.54) is 6.42 Å². The Hall–Kier alpha value is -1.55. The van der Waals surface area contributed by atoms with Gasteiger partial charge in [-0.2, -0.15) is 0 Å². The van der Waals surface area contributed by atoms with Crippen molar-refractivity contribution in [2.45, 2.75) is 33.2 Å². The summed E-state index contributed by atoms with van der Waals surface area (Å²) in [5.74, 6) is 1.43. The Morgan fingerprint density at radius 1 is 1.38 bits per heavy atom. The number of hydrogen-bond acceptors (Lipinski definition) is 3. The molecule has 3 N–H and O–H groups in total. The van der Waals surface area contributed by atoms with Gasteiger partial charge in [-0.15, -0.1) is 0 Å². The summed E-state index contributed by atoms with van der Waals surface area (Å²) in [5, 5.41) is 3.06. The highest BCUT2D eigenvalue weighted by molar-refractivity contribution is 5.95. The van der Waals surface area contributed by atoms with E-state index >= 15 is 0 Å². The number of nitrogen functional groups attached to an aromatic ring is 1. The van der Waals surface area contributed by atoms with Crippen LogP contribution in [0.2, 0.25) is 0 Å². The number of rotatable bonds is 4. The van der Waals surface area contributed by atoms with Gasteiger partial charge < -0.3 is 16.0 Å². The average molecular weight is 289 g/mol. The zero-order valence-corrected chi connectivity index (χ0v) is 13.3. The van der Waals surface area contributed by atoms with Gasteiger partial charge in [0.2, 0.25) is 0 Å². The number of amides is 1. The Bertz CT molecular complexity index is 479. The Balaban J connectivity index is 1.86. The van der Waals surface area contributed by atoms with Crippen LogP contribution in [0.5, 0.6) is 0 Å². The van der Waals surface area contributed by atoms with Crippen LogP contribution < -0.4 is 11.1 Å². The SMILES string of the molecule is CC1CC(C)CN(CC(C)NC(=O)c2cccc(N)c2)C1. The van der Waals surface area contributed by atoms with Crippen molar-refractivity contribution in [2.24, 2.45) is 11.8 Å². The van der Waals surface area contributed by atoms with E-state index in [0.29, 0.717) is 11.3 Å². The maximum absolute atomic E-state index is 12.2. The van der Waals surface area contributed by atoms with Crippen molar-refractivity contribution < 1.29 is 4.79 Å². The van der Waals surface area contributed by atoms with Gasteiger partial charge in [0.05, 0.1) is 0 Å². The second kappa shape index (κ2) is 6.94. The normalized spacial score (nSPS) is 24.5. The van der Waals surface area contributed by atoms with Gasteiger partial charge in [-0.1, -0.05) is 19.9 Å². The lowest BCUT2D eigenvalue weighted by molar-refractivity contribution is 0.0905. The molecule has 1 saturated heterocycles. The van der Waals surface area contributed by atoms with E-state index in [2.05, 4.69) is 31.0 Å². The van der Waals surface area contributed by atoms with Crippen LogP contribution in [-0.2, 0) is 0 Å². The van der Waals surface area contributed by atoms with Crippen LogP contribution in [-0.4, -0.2) is 36.5 Å². The molecular weight excluding hydrogens is 262 g/mol. The van der Waals surface area contributed by atoms with Crippen molar-refractivity contribution in [3.63, 3.8) is 0 Å². The van der Waals surface area contributed by atoms with Gasteiger partial charge in [0, 0.05) is 36.9 Å². The van der Waals surface area contributed by atoms with Crippen molar-refractivity contribution in [1.29, 1.82) is 0 Å². The van der Waals surface area contributed by atoms with Crippen LogP contribution in [0.3, 0.4) is 0 Å². The van der Waals surface area contributed by atoms with Gasteiger partial charge in [-0.25, -0.2) is 0 Å². The molecule has 0 saturated carbocycles. The van der Waals surface area contributed by atoms with Gasteiger partial charge >= 0.3 is 0 Å². The largest absolute Gasteiger partial charge is 0.399 e. The maximum Gasteiger partial charge on any atom is 0.251 e. The Labute approximate surface area is 127 Å². The van der Waals surface area contributed by atoms with Gasteiger partial charge in [-0.3, -0.25) is 4.79 Å². The van der Waals surface area contributed by atoms with E-state index in [9.17, 15) is 4.79 Å². The third-order valence-corrected chi connectivity index (χ3v) is 4.00. The van der Waals surface area contributed by atoms with Crippen LogP contribution in [0, 0.1) is 11.8 Å². The number of carbonyl (C=O) groups excluding carboxylic acids is 1. The van der Waals surface area contributed by atoms with E-state index < -0.39 is 0 Å².